The van der Waals surface area contributed by atoms with Crippen molar-refractivity contribution >= 4 is 29.3 Å². The van der Waals surface area contributed by atoms with Gasteiger partial charge in [0.1, 0.15) is 0 Å². The molecule has 4 aromatic rings. The third-order valence-corrected chi connectivity index (χ3v) is 6.58. The van der Waals surface area contributed by atoms with E-state index in [4.69, 9.17) is 0 Å². The van der Waals surface area contributed by atoms with Crippen molar-refractivity contribution in [3.8, 4) is 0 Å². The highest BCUT2D eigenvalue weighted by atomic mass is 32.2. The Labute approximate surface area is 204 Å². The molecule has 2 N–H and O–H groups in total. The molecule has 4 aromatic carbocycles. The Morgan fingerprint density at radius 3 is 2.03 bits per heavy atom. The minimum Gasteiger partial charge on any atom is -0.345 e. The van der Waals surface area contributed by atoms with Crippen LogP contribution in [0.25, 0.3) is 0 Å². The number of anilines is 1. The fourth-order valence-corrected chi connectivity index (χ4v) is 4.60. The highest BCUT2D eigenvalue weighted by Crippen LogP contribution is 2.27. The Hall–Kier alpha value is -3.83. The largest absolute Gasteiger partial charge is 0.345 e. The van der Waals surface area contributed by atoms with E-state index in [1.165, 1.54) is 5.56 Å². The van der Waals surface area contributed by atoms with Gasteiger partial charge in [-0.05, 0) is 42.3 Å². The lowest BCUT2D eigenvalue weighted by Gasteiger charge is -2.17. The van der Waals surface area contributed by atoms with Crippen LogP contribution in [-0.4, -0.2) is 11.8 Å². The number of carbonyl (C=O) groups is 2. The molecule has 0 bridgehead atoms. The van der Waals surface area contributed by atoms with Crippen LogP contribution in [0.1, 0.15) is 44.8 Å². The molecule has 0 radical (unpaired) electrons. The van der Waals surface area contributed by atoms with Gasteiger partial charge < -0.3 is 10.6 Å². The first-order chi connectivity index (χ1) is 16.6. The van der Waals surface area contributed by atoms with E-state index in [9.17, 15) is 9.59 Å². The first kappa shape index (κ1) is 23.3. The van der Waals surface area contributed by atoms with Gasteiger partial charge in [-0.3, -0.25) is 9.59 Å². The number of carbonyl (C=O) groups excluding carboxylic acids is 2. The summed E-state index contributed by atoms with van der Waals surface area (Å²) in [6.45, 7) is 1.94. The van der Waals surface area contributed by atoms with E-state index in [0.29, 0.717) is 16.8 Å². The summed E-state index contributed by atoms with van der Waals surface area (Å²) >= 11 is 1.62. The molecule has 0 aliphatic carbocycles. The van der Waals surface area contributed by atoms with Gasteiger partial charge in [-0.2, -0.15) is 0 Å². The summed E-state index contributed by atoms with van der Waals surface area (Å²) in [5, 5.41) is 5.97. The van der Waals surface area contributed by atoms with Crippen molar-refractivity contribution in [2.45, 2.75) is 23.6 Å². The van der Waals surface area contributed by atoms with Gasteiger partial charge in [-0.15, -0.1) is 11.8 Å². The molecular weight excluding hydrogens is 440 g/mol. The Morgan fingerprint density at radius 1 is 0.706 bits per heavy atom. The van der Waals surface area contributed by atoms with E-state index < -0.39 is 0 Å². The Balaban J connectivity index is 1.48. The van der Waals surface area contributed by atoms with Crippen molar-refractivity contribution in [2.75, 3.05) is 5.32 Å². The standard InChI is InChI=1S/C29H26N2O2S/c1-21(23-14-6-3-7-15-23)30-28(32)24-16-8-10-18-26(24)31-29(33)25-17-9-11-19-27(25)34-20-22-12-4-2-5-13-22/h2-19,21H,20H2,1H3,(H,30,32)(H,31,33)/t21-/m0/s1. The average Bonchev–Trinajstić information content (AvgIpc) is 2.89. The molecule has 0 unspecified atom stereocenters. The molecule has 0 saturated carbocycles. The monoisotopic (exact) mass is 466 g/mol. The predicted molar refractivity (Wildman–Crippen MR) is 139 cm³/mol. The lowest BCUT2D eigenvalue weighted by atomic mass is 10.1. The number of amides is 2. The van der Waals surface area contributed by atoms with Crippen LogP contribution in [-0.2, 0) is 5.75 Å². The number of para-hydroxylation sites is 1. The first-order valence-corrected chi connectivity index (χ1v) is 12.1. The molecule has 0 saturated heterocycles. The van der Waals surface area contributed by atoms with Crippen LogP contribution < -0.4 is 10.6 Å². The third-order valence-electron chi connectivity index (χ3n) is 5.44. The van der Waals surface area contributed by atoms with Crippen LogP contribution in [0.5, 0.6) is 0 Å². The summed E-state index contributed by atoms with van der Waals surface area (Å²) in [4.78, 5) is 27.1. The summed E-state index contributed by atoms with van der Waals surface area (Å²) in [7, 11) is 0. The van der Waals surface area contributed by atoms with E-state index in [2.05, 4.69) is 22.8 Å². The van der Waals surface area contributed by atoms with Gasteiger partial charge in [-0.1, -0.05) is 84.9 Å². The van der Waals surface area contributed by atoms with E-state index in [1.54, 1.807) is 30.0 Å². The predicted octanol–water partition coefficient (Wildman–Crippen LogP) is 6.72. The molecule has 0 aliphatic rings. The highest BCUT2D eigenvalue weighted by Gasteiger charge is 2.18. The van der Waals surface area contributed by atoms with Crippen molar-refractivity contribution < 1.29 is 9.59 Å². The second-order valence-electron chi connectivity index (χ2n) is 7.88. The molecule has 34 heavy (non-hydrogen) atoms. The zero-order valence-electron chi connectivity index (χ0n) is 18.9. The quantitative estimate of drug-likeness (QED) is 0.283. The van der Waals surface area contributed by atoms with Crippen molar-refractivity contribution in [1.29, 1.82) is 0 Å². The van der Waals surface area contributed by atoms with Crippen LogP contribution in [0.15, 0.2) is 114 Å². The normalized spacial score (nSPS) is 11.4. The molecule has 5 heteroatoms. The number of nitrogens with one attached hydrogen (secondary N) is 2. The van der Waals surface area contributed by atoms with E-state index in [-0.39, 0.29) is 17.9 Å². The zero-order valence-corrected chi connectivity index (χ0v) is 19.7. The third kappa shape index (κ3) is 5.94. The summed E-state index contributed by atoms with van der Waals surface area (Å²) in [5.74, 6) is 0.285. The van der Waals surface area contributed by atoms with E-state index in [1.807, 2.05) is 85.8 Å². The SMILES string of the molecule is C[C@H](NC(=O)c1ccccc1NC(=O)c1ccccc1SCc1ccccc1)c1ccccc1. The molecular formula is C29H26N2O2S. The van der Waals surface area contributed by atoms with E-state index in [0.717, 1.165) is 16.2 Å². The number of thioether (sulfide) groups is 1. The highest BCUT2D eigenvalue weighted by molar-refractivity contribution is 7.98. The zero-order chi connectivity index (χ0) is 23.8. The summed E-state index contributed by atoms with van der Waals surface area (Å²) in [5.41, 5.74) is 3.69. The molecule has 4 nitrogen and oxygen atoms in total. The molecule has 0 aromatic heterocycles. The number of benzene rings is 4. The van der Waals surface area contributed by atoms with Gasteiger partial charge in [0.25, 0.3) is 11.8 Å². The lowest BCUT2D eigenvalue weighted by Crippen LogP contribution is -2.28. The van der Waals surface area contributed by atoms with Crippen LogP contribution >= 0.6 is 11.8 Å². The van der Waals surface area contributed by atoms with Gasteiger partial charge in [0, 0.05) is 10.6 Å². The number of hydrogen-bond donors (Lipinski definition) is 2. The number of rotatable bonds is 8. The second kappa shape index (κ2) is 11.3. The summed E-state index contributed by atoms with van der Waals surface area (Å²) < 4.78 is 0. The maximum absolute atomic E-state index is 13.2. The Morgan fingerprint density at radius 2 is 1.29 bits per heavy atom. The van der Waals surface area contributed by atoms with Crippen LogP contribution in [0.3, 0.4) is 0 Å². The van der Waals surface area contributed by atoms with Crippen molar-refractivity contribution in [3.63, 3.8) is 0 Å². The van der Waals surface area contributed by atoms with Crippen molar-refractivity contribution in [1.82, 2.24) is 5.32 Å². The molecule has 0 fully saturated rings. The summed E-state index contributed by atoms with van der Waals surface area (Å²) in [6, 6.07) is 34.4. The topological polar surface area (TPSA) is 58.2 Å². The molecule has 0 heterocycles. The van der Waals surface area contributed by atoms with E-state index >= 15 is 0 Å². The van der Waals surface area contributed by atoms with Gasteiger partial charge in [-0.25, -0.2) is 0 Å². The molecule has 4 rings (SSSR count). The van der Waals surface area contributed by atoms with Crippen LogP contribution in [0.2, 0.25) is 0 Å². The number of hydrogen-bond acceptors (Lipinski definition) is 3. The van der Waals surface area contributed by atoms with Crippen LogP contribution in [0.4, 0.5) is 5.69 Å². The maximum atomic E-state index is 13.2. The minimum absolute atomic E-state index is 0.160. The first-order valence-electron chi connectivity index (χ1n) is 11.1. The summed E-state index contributed by atoms with van der Waals surface area (Å²) in [6.07, 6.45) is 0. The average molecular weight is 467 g/mol. The minimum atomic E-state index is -0.243. The Bertz CT molecular complexity index is 1260. The van der Waals surface area contributed by atoms with Gasteiger partial charge in [0.2, 0.25) is 0 Å². The van der Waals surface area contributed by atoms with Gasteiger partial charge in [0.15, 0.2) is 0 Å². The fourth-order valence-electron chi connectivity index (χ4n) is 3.59. The second-order valence-corrected chi connectivity index (χ2v) is 8.89. The van der Waals surface area contributed by atoms with Crippen molar-refractivity contribution in [3.05, 3.63) is 131 Å². The maximum Gasteiger partial charge on any atom is 0.256 e. The molecule has 1 atom stereocenters. The molecule has 2 amide bonds. The lowest BCUT2D eigenvalue weighted by molar-refractivity contribution is 0.0940. The fraction of sp³-hybridized carbons (Fsp3) is 0.103. The van der Waals surface area contributed by atoms with Crippen LogP contribution in [0, 0.1) is 0 Å². The molecule has 170 valence electrons. The van der Waals surface area contributed by atoms with Gasteiger partial charge >= 0.3 is 0 Å². The van der Waals surface area contributed by atoms with Crippen molar-refractivity contribution in [2.24, 2.45) is 0 Å². The van der Waals surface area contributed by atoms with Gasteiger partial charge in [0.05, 0.1) is 22.9 Å². The Kier molecular flexibility index (Phi) is 7.79. The smallest absolute Gasteiger partial charge is 0.256 e. The molecule has 0 aliphatic heterocycles. The molecule has 0 spiro atoms.